The van der Waals surface area contributed by atoms with Crippen LogP contribution in [-0.4, -0.2) is 30.8 Å². The summed E-state index contributed by atoms with van der Waals surface area (Å²) in [6.45, 7) is 1.82. The maximum absolute atomic E-state index is 13.4. The zero-order valence-corrected chi connectivity index (χ0v) is 18.3. The molecular formula is C24H19ClN6O2. The van der Waals surface area contributed by atoms with Crippen LogP contribution in [0.1, 0.15) is 18.5 Å². The van der Waals surface area contributed by atoms with E-state index in [9.17, 15) is 9.90 Å². The SMILES string of the molecule is CC1=C(C(=O)Nc2cccnc2)[C@@H](c2ccc(O)cc2)n2nc(-c3cccc(Cl)c3)nc2N1. The molecule has 0 bridgehead atoms. The fraction of sp³-hybridized carbons (Fsp3) is 0.0833. The number of hydrogen-bond donors (Lipinski definition) is 3. The molecule has 0 saturated heterocycles. The number of anilines is 2. The van der Waals surface area contributed by atoms with E-state index in [1.165, 1.54) is 0 Å². The molecule has 4 aromatic rings. The molecule has 0 saturated carbocycles. The lowest BCUT2D eigenvalue weighted by atomic mass is 9.95. The van der Waals surface area contributed by atoms with Crippen molar-refractivity contribution in [2.75, 3.05) is 10.6 Å². The molecule has 1 amide bonds. The molecule has 3 heterocycles. The highest BCUT2D eigenvalue weighted by molar-refractivity contribution is 6.30. The van der Waals surface area contributed by atoms with Crippen LogP contribution in [0.2, 0.25) is 5.02 Å². The minimum atomic E-state index is -0.570. The second kappa shape index (κ2) is 8.40. The van der Waals surface area contributed by atoms with Gasteiger partial charge in [0.05, 0.1) is 17.5 Å². The molecule has 0 unspecified atom stereocenters. The summed E-state index contributed by atoms with van der Waals surface area (Å²) >= 11 is 6.16. The lowest BCUT2D eigenvalue weighted by Crippen LogP contribution is -2.31. The number of nitrogens with one attached hydrogen (secondary N) is 2. The quantitative estimate of drug-likeness (QED) is 0.412. The number of nitrogens with zero attached hydrogens (tertiary/aromatic N) is 4. The number of aromatic nitrogens is 4. The second-order valence-corrected chi connectivity index (χ2v) is 8.00. The van der Waals surface area contributed by atoms with Gasteiger partial charge in [-0.2, -0.15) is 4.98 Å². The van der Waals surface area contributed by atoms with E-state index in [4.69, 9.17) is 16.7 Å². The van der Waals surface area contributed by atoms with Gasteiger partial charge in [0.2, 0.25) is 5.95 Å². The highest BCUT2D eigenvalue weighted by Gasteiger charge is 2.34. The number of benzene rings is 2. The number of phenolic OH excluding ortho intramolecular Hbond substituents is 1. The van der Waals surface area contributed by atoms with Gasteiger partial charge in [-0.05, 0) is 48.9 Å². The monoisotopic (exact) mass is 458 g/mol. The Labute approximate surface area is 194 Å². The van der Waals surface area contributed by atoms with Gasteiger partial charge in [-0.15, -0.1) is 5.10 Å². The summed E-state index contributed by atoms with van der Waals surface area (Å²) in [5.41, 5.74) is 3.23. The van der Waals surface area contributed by atoms with Crippen LogP contribution in [0.15, 0.2) is 84.3 Å². The van der Waals surface area contributed by atoms with Crippen molar-refractivity contribution in [3.05, 3.63) is 94.9 Å². The van der Waals surface area contributed by atoms with E-state index in [1.807, 2.05) is 19.1 Å². The average molecular weight is 459 g/mol. The Bertz CT molecular complexity index is 1370. The number of rotatable bonds is 4. The fourth-order valence-corrected chi connectivity index (χ4v) is 3.99. The predicted octanol–water partition coefficient (Wildman–Crippen LogP) is 4.63. The van der Waals surface area contributed by atoms with Gasteiger partial charge in [0.1, 0.15) is 11.8 Å². The molecule has 5 rings (SSSR count). The third kappa shape index (κ3) is 4.04. The molecular weight excluding hydrogens is 440 g/mol. The van der Waals surface area contributed by atoms with Crippen LogP contribution in [0.25, 0.3) is 11.4 Å². The van der Waals surface area contributed by atoms with Gasteiger partial charge >= 0.3 is 0 Å². The first kappa shape index (κ1) is 20.7. The van der Waals surface area contributed by atoms with Gasteiger partial charge in [-0.1, -0.05) is 35.9 Å². The lowest BCUT2D eigenvalue weighted by Gasteiger charge is -2.28. The van der Waals surface area contributed by atoms with Crippen molar-refractivity contribution in [1.29, 1.82) is 0 Å². The number of carbonyl (C=O) groups is 1. The maximum atomic E-state index is 13.4. The Kier molecular flexibility index (Phi) is 5.27. The van der Waals surface area contributed by atoms with E-state index >= 15 is 0 Å². The molecule has 8 nitrogen and oxygen atoms in total. The topological polar surface area (TPSA) is 105 Å². The summed E-state index contributed by atoms with van der Waals surface area (Å²) in [5.74, 6) is 0.814. The smallest absolute Gasteiger partial charge is 0.255 e. The zero-order chi connectivity index (χ0) is 22.9. The van der Waals surface area contributed by atoms with Crippen LogP contribution in [0.5, 0.6) is 5.75 Å². The molecule has 1 aliphatic rings. The van der Waals surface area contributed by atoms with Crippen molar-refractivity contribution in [2.24, 2.45) is 0 Å². The Balaban J connectivity index is 1.61. The number of pyridine rings is 1. The van der Waals surface area contributed by atoms with Crippen LogP contribution < -0.4 is 10.6 Å². The minimum absolute atomic E-state index is 0.133. The second-order valence-electron chi connectivity index (χ2n) is 7.57. The molecule has 2 aromatic carbocycles. The number of fused-ring (bicyclic) bond motifs is 1. The highest BCUT2D eigenvalue weighted by atomic mass is 35.5. The van der Waals surface area contributed by atoms with Crippen molar-refractivity contribution in [3.63, 3.8) is 0 Å². The number of hydrogen-bond acceptors (Lipinski definition) is 6. The van der Waals surface area contributed by atoms with Gasteiger partial charge in [0, 0.05) is 22.5 Å². The van der Waals surface area contributed by atoms with E-state index in [1.54, 1.807) is 65.6 Å². The van der Waals surface area contributed by atoms with Gasteiger partial charge in [0.25, 0.3) is 5.91 Å². The number of allylic oxidation sites excluding steroid dienone is 1. The molecule has 0 fully saturated rings. The summed E-state index contributed by atoms with van der Waals surface area (Å²) in [6, 6.07) is 16.9. The Hall–Kier alpha value is -4.17. The van der Waals surface area contributed by atoms with Crippen LogP contribution in [0, 0.1) is 0 Å². The van der Waals surface area contributed by atoms with Crippen molar-refractivity contribution in [1.82, 2.24) is 19.7 Å². The molecule has 3 N–H and O–H groups in total. The largest absolute Gasteiger partial charge is 0.508 e. The molecule has 2 aromatic heterocycles. The van der Waals surface area contributed by atoms with E-state index in [0.29, 0.717) is 33.8 Å². The Morgan fingerprint density at radius 1 is 1.15 bits per heavy atom. The van der Waals surface area contributed by atoms with E-state index in [0.717, 1.165) is 11.1 Å². The number of halogens is 1. The van der Waals surface area contributed by atoms with Gasteiger partial charge in [-0.25, -0.2) is 4.68 Å². The molecule has 9 heteroatoms. The molecule has 0 radical (unpaired) electrons. The number of carbonyl (C=O) groups excluding carboxylic acids is 1. The number of amides is 1. The average Bonchev–Trinajstić information content (AvgIpc) is 3.23. The third-order valence-corrected chi connectivity index (χ3v) is 5.54. The summed E-state index contributed by atoms with van der Waals surface area (Å²) in [6.07, 6.45) is 3.22. The summed E-state index contributed by atoms with van der Waals surface area (Å²) in [5, 5.41) is 21.2. The first-order chi connectivity index (χ1) is 16.0. The molecule has 164 valence electrons. The summed E-state index contributed by atoms with van der Waals surface area (Å²) in [7, 11) is 0. The van der Waals surface area contributed by atoms with Crippen LogP contribution >= 0.6 is 11.6 Å². The van der Waals surface area contributed by atoms with Crippen molar-refractivity contribution >= 4 is 29.1 Å². The maximum Gasteiger partial charge on any atom is 0.255 e. The zero-order valence-electron chi connectivity index (χ0n) is 17.5. The third-order valence-electron chi connectivity index (χ3n) is 5.31. The van der Waals surface area contributed by atoms with E-state index < -0.39 is 6.04 Å². The van der Waals surface area contributed by atoms with E-state index in [-0.39, 0.29) is 11.7 Å². The van der Waals surface area contributed by atoms with Gasteiger partial charge in [0.15, 0.2) is 5.82 Å². The Morgan fingerprint density at radius 3 is 2.70 bits per heavy atom. The van der Waals surface area contributed by atoms with Crippen molar-refractivity contribution in [3.8, 4) is 17.1 Å². The van der Waals surface area contributed by atoms with Gasteiger partial charge < -0.3 is 15.7 Å². The number of aromatic hydroxyl groups is 1. The standard InChI is InChI=1S/C24H19ClN6O2/c1-14-20(23(33)28-18-6-3-11-26-13-18)21(15-7-9-19(32)10-8-15)31-24(27-14)29-22(30-31)16-4-2-5-17(25)12-16/h2-13,21,32H,1H3,(H,28,33)(H,27,29,30)/t21-/m1/s1. The lowest BCUT2D eigenvalue weighted by molar-refractivity contribution is -0.113. The van der Waals surface area contributed by atoms with E-state index in [2.05, 4.69) is 20.6 Å². The highest BCUT2D eigenvalue weighted by Crippen LogP contribution is 2.37. The first-order valence-corrected chi connectivity index (χ1v) is 10.6. The normalized spacial score (nSPS) is 15.0. The van der Waals surface area contributed by atoms with Crippen LogP contribution in [-0.2, 0) is 4.79 Å². The van der Waals surface area contributed by atoms with Crippen LogP contribution in [0.3, 0.4) is 0 Å². The molecule has 0 spiro atoms. The molecule has 1 atom stereocenters. The van der Waals surface area contributed by atoms with Gasteiger partial charge in [-0.3, -0.25) is 9.78 Å². The molecule has 1 aliphatic heterocycles. The van der Waals surface area contributed by atoms with Crippen LogP contribution in [0.4, 0.5) is 11.6 Å². The first-order valence-electron chi connectivity index (χ1n) is 10.2. The van der Waals surface area contributed by atoms with Crippen molar-refractivity contribution < 1.29 is 9.90 Å². The number of phenols is 1. The molecule has 33 heavy (non-hydrogen) atoms. The predicted molar refractivity (Wildman–Crippen MR) is 126 cm³/mol. The fourth-order valence-electron chi connectivity index (χ4n) is 3.79. The summed E-state index contributed by atoms with van der Waals surface area (Å²) < 4.78 is 1.67. The minimum Gasteiger partial charge on any atom is -0.508 e. The summed E-state index contributed by atoms with van der Waals surface area (Å²) in [4.78, 5) is 22.1. The molecule has 0 aliphatic carbocycles. The Morgan fingerprint density at radius 2 is 1.97 bits per heavy atom. The van der Waals surface area contributed by atoms with Crippen molar-refractivity contribution in [2.45, 2.75) is 13.0 Å².